The standard InChI is InChI=1S/C17H24N2O/c1-12(2)15-7-8-19(11-15)17(20)16-9-13-5-3-4-6-14(13)10-18-16/h3-6,12,15-16,18H,7-11H2,1-2H3/t15?,16-/m1/s1. The summed E-state index contributed by atoms with van der Waals surface area (Å²) in [5.41, 5.74) is 2.65. The number of carbonyl (C=O) groups excluding carboxylic acids is 1. The van der Waals surface area contributed by atoms with Crippen molar-refractivity contribution < 1.29 is 4.79 Å². The fourth-order valence-corrected chi connectivity index (χ4v) is 3.38. The van der Waals surface area contributed by atoms with Crippen LogP contribution in [-0.2, 0) is 17.8 Å². The molecule has 1 aromatic carbocycles. The summed E-state index contributed by atoms with van der Waals surface area (Å²) in [6, 6.07) is 8.40. The van der Waals surface area contributed by atoms with E-state index in [-0.39, 0.29) is 6.04 Å². The number of amides is 1. The highest BCUT2D eigenvalue weighted by molar-refractivity contribution is 5.82. The smallest absolute Gasteiger partial charge is 0.240 e. The molecule has 0 aliphatic carbocycles. The van der Waals surface area contributed by atoms with Crippen molar-refractivity contribution in [2.45, 2.75) is 39.3 Å². The zero-order valence-electron chi connectivity index (χ0n) is 12.4. The zero-order chi connectivity index (χ0) is 14.1. The van der Waals surface area contributed by atoms with Crippen molar-refractivity contribution in [3.05, 3.63) is 35.4 Å². The highest BCUT2D eigenvalue weighted by atomic mass is 16.2. The van der Waals surface area contributed by atoms with Crippen LogP contribution >= 0.6 is 0 Å². The Hall–Kier alpha value is -1.35. The topological polar surface area (TPSA) is 32.3 Å². The lowest BCUT2D eigenvalue weighted by atomic mass is 9.94. The van der Waals surface area contributed by atoms with Gasteiger partial charge < -0.3 is 10.2 Å². The van der Waals surface area contributed by atoms with Gasteiger partial charge in [-0.3, -0.25) is 4.79 Å². The summed E-state index contributed by atoms with van der Waals surface area (Å²) in [6.07, 6.45) is 1.99. The Bertz CT molecular complexity index is 498. The van der Waals surface area contributed by atoms with Crippen molar-refractivity contribution in [2.75, 3.05) is 13.1 Å². The molecule has 108 valence electrons. The highest BCUT2D eigenvalue weighted by Crippen LogP contribution is 2.25. The van der Waals surface area contributed by atoms with Crippen LogP contribution in [0.1, 0.15) is 31.4 Å². The summed E-state index contributed by atoms with van der Waals surface area (Å²) in [6.45, 7) is 7.20. The Kier molecular flexibility index (Phi) is 3.79. The van der Waals surface area contributed by atoms with E-state index in [4.69, 9.17) is 0 Å². The first-order valence-corrected chi connectivity index (χ1v) is 7.74. The normalized spacial score (nSPS) is 25.9. The van der Waals surface area contributed by atoms with Gasteiger partial charge in [0.1, 0.15) is 0 Å². The molecule has 1 fully saturated rings. The van der Waals surface area contributed by atoms with E-state index in [1.807, 2.05) is 0 Å². The molecule has 0 bridgehead atoms. The third-order valence-electron chi connectivity index (χ3n) is 4.86. The van der Waals surface area contributed by atoms with Gasteiger partial charge in [-0.25, -0.2) is 0 Å². The van der Waals surface area contributed by atoms with Gasteiger partial charge >= 0.3 is 0 Å². The lowest BCUT2D eigenvalue weighted by Crippen LogP contribution is -2.48. The average Bonchev–Trinajstić information content (AvgIpc) is 2.96. The Morgan fingerprint density at radius 1 is 1.30 bits per heavy atom. The van der Waals surface area contributed by atoms with Crippen molar-refractivity contribution in [1.82, 2.24) is 10.2 Å². The quantitative estimate of drug-likeness (QED) is 0.895. The minimum atomic E-state index is -0.0317. The van der Waals surface area contributed by atoms with Gasteiger partial charge in [0.05, 0.1) is 6.04 Å². The monoisotopic (exact) mass is 272 g/mol. The maximum atomic E-state index is 12.6. The van der Waals surface area contributed by atoms with Crippen LogP contribution in [0, 0.1) is 11.8 Å². The Labute approximate surface area is 121 Å². The molecule has 2 aliphatic heterocycles. The van der Waals surface area contributed by atoms with Gasteiger partial charge in [-0.2, -0.15) is 0 Å². The predicted octanol–water partition coefficient (Wildman–Crippen LogP) is 2.21. The molecule has 2 heterocycles. The molecule has 0 saturated carbocycles. The predicted molar refractivity (Wildman–Crippen MR) is 80.3 cm³/mol. The second-order valence-electron chi connectivity index (χ2n) is 6.48. The van der Waals surface area contributed by atoms with Gasteiger partial charge in [0.15, 0.2) is 0 Å². The third-order valence-corrected chi connectivity index (χ3v) is 4.86. The molecule has 3 heteroatoms. The fraction of sp³-hybridized carbons (Fsp3) is 0.588. The highest BCUT2D eigenvalue weighted by Gasteiger charge is 2.33. The molecule has 1 aromatic rings. The van der Waals surface area contributed by atoms with E-state index in [2.05, 4.69) is 48.3 Å². The van der Waals surface area contributed by atoms with Crippen molar-refractivity contribution in [3.63, 3.8) is 0 Å². The van der Waals surface area contributed by atoms with Crippen LogP contribution in [0.25, 0.3) is 0 Å². The van der Waals surface area contributed by atoms with Crippen LogP contribution in [0.5, 0.6) is 0 Å². The zero-order valence-corrected chi connectivity index (χ0v) is 12.4. The molecule has 1 saturated heterocycles. The van der Waals surface area contributed by atoms with Crippen molar-refractivity contribution in [1.29, 1.82) is 0 Å². The molecule has 2 atom stereocenters. The van der Waals surface area contributed by atoms with Crippen LogP contribution in [0.4, 0.5) is 0 Å². The first kappa shape index (κ1) is 13.6. The van der Waals surface area contributed by atoms with Crippen LogP contribution in [-0.4, -0.2) is 29.9 Å². The van der Waals surface area contributed by atoms with Gasteiger partial charge in [-0.15, -0.1) is 0 Å². The molecule has 0 aromatic heterocycles. The first-order valence-electron chi connectivity index (χ1n) is 7.74. The Morgan fingerprint density at radius 2 is 2.05 bits per heavy atom. The molecular formula is C17H24N2O. The van der Waals surface area contributed by atoms with E-state index in [1.54, 1.807) is 0 Å². The largest absolute Gasteiger partial charge is 0.341 e. The van der Waals surface area contributed by atoms with E-state index in [0.29, 0.717) is 17.7 Å². The van der Waals surface area contributed by atoms with Crippen LogP contribution in [0.3, 0.4) is 0 Å². The van der Waals surface area contributed by atoms with Gasteiger partial charge in [0.2, 0.25) is 5.91 Å². The lowest BCUT2D eigenvalue weighted by Gasteiger charge is -2.29. The molecule has 0 radical (unpaired) electrons. The minimum Gasteiger partial charge on any atom is -0.341 e. The SMILES string of the molecule is CC(C)C1CCN(C(=O)[C@H]2Cc3ccccc3CN2)C1. The summed E-state index contributed by atoms with van der Waals surface area (Å²) in [4.78, 5) is 14.7. The van der Waals surface area contributed by atoms with Crippen LogP contribution in [0.2, 0.25) is 0 Å². The Balaban J connectivity index is 1.65. The molecule has 2 aliphatic rings. The van der Waals surface area contributed by atoms with Crippen molar-refractivity contribution in [3.8, 4) is 0 Å². The number of hydrogen-bond donors (Lipinski definition) is 1. The summed E-state index contributed by atoms with van der Waals surface area (Å²) < 4.78 is 0. The van der Waals surface area contributed by atoms with Crippen LogP contribution in [0.15, 0.2) is 24.3 Å². The summed E-state index contributed by atoms with van der Waals surface area (Å²) in [5.74, 6) is 1.64. The molecular weight excluding hydrogens is 248 g/mol. The number of fused-ring (bicyclic) bond motifs is 1. The van der Waals surface area contributed by atoms with E-state index >= 15 is 0 Å². The summed E-state index contributed by atoms with van der Waals surface area (Å²) in [5, 5.41) is 3.40. The summed E-state index contributed by atoms with van der Waals surface area (Å²) in [7, 11) is 0. The maximum absolute atomic E-state index is 12.6. The molecule has 1 unspecified atom stereocenters. The number of likely N-dealkylation sites (tertiary alicyclic amines) is 1. The third kappa shape index (κ3) is 2.59. The Morgan fingerprint density at radius 3 is 2.75 bits per heavy atom. The lowest BCUT2D eigenvalue weighted by molar-refractivity contribution is -0.132. The number of hydrogen-bond acceptors (Lipinski definition) is 2. The van der Waals surface area contributed by atoms with E-state index in [0.717, 1.165) is 32.5 Å². The minimum absolute atomic E-state index is 0.0317. The van der Waals surface area contributed by atoms with Gasteiger partial charge in [-0.05, 0) is 35.8 Å². The molecule has 0 spiro atoms. The second-order valence-corrected chi connectivity index (χ2v) is 6.48. The molecule has 20 heavy (non-hydrogen) atoms. The van der Waals surface area contributed by atoms with Gasteiger partial charge in [-0.1, -0.05) is 38.1 Å². The van der Waals surface area contributed by atoms with Crippen LogP contribution < -0.4 is 5.32 Å². The maximum Gasteiger partial charge on any atom is 0.240 e. The van der Waals surface area contributed by atoms with Gasteiger partial charge in [0, 0.05) is 19.6 Å². The number of carbonyl (C=O) groups is 1. The summed E-state index contributed by atoms with van der Waals surface area (Å²) >= 11 is 0. The average molecular weight is 272 g/mol. The van der Waals surface area contributed by atoms with Crippen molar-refractivity contribution in [2.24, 2.45) is 11.8 Å². The number of nitrogens with one attached hydrogen (secondary N) is 1. The van der Waals surface area contributed by atoms with E-state index in [1.165, 1.54) is 11.1 Å². The molecule has 3 nitrogen and oxygen atoms in total. The number of benzene rings is 1. The van der Waals surface area contributed by atoms with E-state index in [9.17, 15) is 4.79 Å². The van der Waals surface area contributed by atoms with Crippen molar-refractivity contribution >= 4 is 5.91 Å². The fourth-order valence-electron chi connectivity index (χ4n) is 3.38. The second kappa shape index (κ2) is 5.57. The van der Waals surface area contributed by atoms with E-state index < -0.39 is 0 Å². The van der Waals surface area contributed by atoms with Gasteiger partial charge in [0.25, 0.3) is 0 Å². The number of nitrogens with zero attached hydrogens (tertiary/aromatic N) is 1. The molecule has 1 N–H and O–H groups in total. The first-order chi connectivity index (χ1) is 9.65. The molecule has 3 rings (SSSR count). The molecule has 1 amide bonds. The number of rotatable bonds is 2.